The number of benzene rings is 1. The topological polar surface area (TPSA) is 79.2 Å². The lowest BCUT2D eigenvalue weighted by molar-refractivity contribution is 0.622. The van der Waals surface area contributed by atoms with Crippen LogP contribution in [0.1, 0.15) is 25.1 Å². The predicted octanol–water partition coefficient (Wildman–Crippen LogP) is 3.19. The first kappa shape index (κ1) is 20.6. The molecule has 2 aromatic heterocycles. The van der Waals surface area contributed by atoms with Crippen molar-refractivity contribution in [3.05, 3.63) is 54.5 Å². The Morgan fingerprint density at radius 1 is 0.966 bits per heavy atom. The summed E-state index contributed by atoms with van der Waals surface area (Å²) in [6.07, 6.45) is 4.96. The molecule has 7 nitrogen and oxygen atoms in total. The van der Waals surface area contributed by atoms with E-state index in [1.807, 2.05) is 31.3 Å². The average Bonchev–Trinajstić information content (AvgIpc) is 3.07. The number of nitrogens with zero attached hydrogens (tertiary/aromatic N) is 4. The first-order valence-electron chi connectivity index (χ1n) is 10.3. The molecule has 0 saturated heterocycles. The van der Waals surface area contributed by atoms with E-state index in [2.05, 4.69) is 60.6 Å². The molecule has 7 heteroatoms. The highest BCUT2D eigenvalue weighted by Gasteiger charge is 2.06. The van der Waals surface area contributed by atoms with Crippen molar-refractivity contribution >= 4 is 22.8 Å². The highest BCUT2D eigenvalue weighted by Crippen LogP contribution is 2.15. The number of hydrogen-bond donors (Lipinski definition) is 3. The second kappa shape index (κ2) is 11.0. The number of rotatable bonds is 10. The molecule has 0 atom stereocenters. The van der Waals surface area contributed by atoms with Gasteiger partial charge >= 0.3 is 0 Å². The average molecular weight is 394 g/mol. The quantitative estimate of drug-likeness (QED) is 0.280. The van der Waals surface area contributed by atoms with Gasteiger partial charge in [-0.15, -0.1) is 0 Å². The molecule has 0 fully saturated rings. The van der Waals surface area contributed by atoms with Gasteiger partial charge in [0.1, 0.15) is 11.6 Å². The molecule has 0 radical (unpaired) electrons. The number of fused-ring (bicyclic) bond motifs is 1. The zero-order valence-electron chi connectivity index (χ0n) is 17.4. The molecule has 0 bridgehead atoms. The molecule has 154 valence electrons. The Morgan fingerprint density at radius 2 is 1.72 bits per heavy atom. The largest absolute Gasteiger partial charge is 0.370 e. The van der Waals surface area contributed by atoms with Crippen molar-refractivity contribution in [3.8, 4) is 0 Å². The molecular formula is C22H31N7. The third kappa shape index (κ3) is 6.20. The smallest absolute Gasteiger partial charge is 0.190 e. The summed E-state index contributed by atoms with van der Waals surface area (Å²) in [6.45, 7) is 5.69. The van der Waals surface area contributed by atoms with Gasteiger partial charge in [0, 0.05) is 39.4 Å². The molecule has 3 N–H and O–H groups in total. The maximum atomic E-state index is 4.62. The normalized spacial score (nSPS) is 11.6. The van der Waals surface area contributed by atoms with Gasteiger partial charge in [-0.1, -0.05) is 18.2 Å². The second-order valence-electron chi connectivity index (χ2n) is 6.93. The fourth-order valence-corrected chi connectivity index (χ4v) is 3.28. The van der Waals surface area contributed by atoms with Crippen LogP contribution >= 0.6 is 0 Å². The van der Waals surface area contributed by atoms with Gasteiger partial charge in [-0.2, -0.15) is 0 Å². The van der Waals surface area contributed by atoms with E-state index in [0.29, 0.717) is 0 Å². The molecule has 0 aliphatic rings. The molecule has 0 aliphatic carbocycles. The van der Waals surface area contributed by atoms with Crippen LogP contribution in [-0.2, 0) is 6.54 Å². The number of nitrogens with one attached hydrogen (secondary N) is 3. The van der Waals surface area contributed by atoms with E-state index in [0.717, 1.165) is 68.6 Å². The lowest BCUT2D eigenvalue weighted by Gasteiger charge is -2.13. The predicted molar refractivity (Wildman–Crippen MR) is 120 cm³/mol. The van der Waals surface area contributed by atoms with Crippen LogP contribution < -0.4 is 16.0 Å². The highest BCUT2D eigenvalue weighted by atomic mass is 15.2. The van der Waals surface area contributed by atoms with Crippen molar-refractivity contribution in [2.75, 3.05) is 32.0 Å². The van der Waals surface area contributed by atoms with Crippen LogP contribution in [0.5, 0.6) is 0 Å². The van der Waals surface area contributed by atoms with Gasteiger partial charge in [0.25, 0.3) is 0 Å². The second-order valence-corrected chi connectivity index (χ2v) is 6.93. The molecular weight excluding hydrogens is 362 g/mol. The van der Waals surface area contributed by atoms with Gasteiger partial charge in [-0.3, -0.25) is 4.99 Å². The van der Waals surface area contributed by atoms with Crippen LogP contribution in [0.3, 0.4) is 0 Å². The summed E-state index contributed by atoms with van der Waals surface area (Å²) in [4.78, 5) is 13.2. The Hall–Kier alpha value is -3.09. The lowest BCUT2D eigenvalue weighted by atomic mass is 10.3. The zero-order valence-corrected chi connectivity index (χ0v) is 17.4. The molecule has 3 aromatic rings. The van der Waals surface area contributed by atoms with Crippen molar-refractivity contribution < 1.29 is 0 Å². The SMILES string of the molecule is CN=C(NCCCCNc1ccccn1)NCCCn1c(C)nc2ccccc21. The minimum Gasteiger partial charge on any atom is -0.370 e. The van der Waals surface area contributed by atoms with Crippen LogP contribution in [0.15, 0.2) is 53.7 Å². The van der Waals surface area contributed by atoms with Crippen LogP contribution in [0, 0.1) is 6.92 Å². The van der Waals surface area contributed by atoms with Crippen LogP contribution in [0.4, 0.5) is 5.82 Å². The number of aryl methyl sites for hydroxylation is 2. The maximum absolute atomic E-state index is 4.62. The Labute approximate surface area is 172 Å². The lowest BCUT2D eigenvalue weighted by Crippen LogP contribution is -2.38. The third-order valence-corrected chi connectivity index (χ3v) is 4.79. The number of pyridine rings is 1. The number of aromatic nitrogens is 3. The number of para-hydroxylation sites is 2. The van der Waals surface area contributed by atoms with Gasteiger partial charge in [0.2, 0.25) is 0 Å². The van der Waals surface area contributed by atoms with Crippen molar-refractivity contribution in [2.24, 2.45) is 4.99 Å². The number of imidazole rings is 1. The van der Waals surface area contributed by atoms with Crippen molar-refractivity contribution in [3.63, 3.8) is 0 Å². The Morgan fingerprint density at radius 3 is 2.52 bits per heavy atom. The summed E-state index contributed by atoms with van der Waals surface area (Å²) < 4.78 is 2.28. The first-order chi connectivity index (χ1) is 14.3. The molecule has 0 spiro atoms. The summed E-state index contributed by atoms with van der Waals surface area (Å²) in [7, 11) is 1.81. The Balaban J connectivity index is 1.30. The van der Waals surface area contributed by atoms with Crippen molar-refractivity contribution in [2.45, 2.75) is 32.7 Å². The molecule has 0 aliphatic heterocycles. The van der Waals surface area contributed by atoms with Gasteiger partial charge in [-0.25, -0.2) is 9.97 Å². The van der Waals surface area contributed by atoms with E-state index in [9.17, 15) is 0 Å². The van der Waals surface area contributed by atoms with Gasteiger partial charge in [0.05, 0.1) is 11.0 Å². The van der Waals surface area contributed by atoms with E-state index in [1.165, 1.54) is 5.52 Å². The molecule has 29 heavy (non-hydrogen) atoms. The number of anilines is 1. The third-order valence-electron chi connectivity index (χ3n) is 4.79. The summed E-state index contributed by atoms with van der Waals surface area (Å²) in [5.74, 6) is 2.85. The van der Waals surface area contributed by atoms with E-state index in [1.54, 1.807) is 6.20 Å². The van der Waals surface area contributed by atoms with E-state index in [-0.39, 0.29) is 0 Å². The monoisotopic (exact) mass is 393 g/mol. The Bertz CT molecular complexity index is 902. The summed E-state index contributed by atoms with van der Waals surface area (Å²) in [5, 5.41) is 10.1. The van der Waals surface area contributed by atoms with Gasteiger partial charge in [0.15, 0.2) is 5.96 Å². The number of hydrogen-bond acceptors (Lipinski definition) is 4. The minimum atomic E-state index is 0.856. The van der Waals surface area contributed by atoms with Gasteiger partial charge < -0.3 is 20.5 Å². The minimum absolute atomic E-state index is 0.856. The summed E-state index contributed by atoms with van der Waals surface area (Å²) in [5.41, 5.74) is 2.26. The number of unbranched alkanes of at least 4 members (excludes halogenated alkanes) is 1. The zero-order chi connectivity index (χ0) is 20.3. The van der Waals surface area contributed by atoms with Crippen LogP contribution in [0.2, 0.25) is 0 Å². The van der Waals surface area contributed by atoms with E-state index >= 15 is 0 Å². The van der Waals surface area contributed by atoms with Crippen molar-refractivity contribution in [1.82, 2.24) is 25.2 Å². The van der Waals surface area contributed by atoms with E-state index in [4.69, 9.17) is 0 Å². The van der Waals surface area contributed by atoms with E-state index < -0.39 is 0 Å². The molecule has 0 unspecified atom stereocenters. The summed E-state index contributed by atoms with van der Waals surface area (Å²) in [6, 6.07) is 14.2. The number of guanidine groups is 1. The molecule has 0 saturated carbocycles. The molecule has 0 amide bonds. The standard InChI is InChI=1S/C22H31N7/c1-18-28-19-10-3-4-11-20(19)29(18)17-9-16-27-22(23-2)26-15-8-7-14-25-21-12-5-6-13-24-21/h3-6,10-13H,7-9,14-17H2,1-2H3,(H,24,25)(H2,23,26,27). The fourth-order valence-electron chi connectivity index (χ4n) is 3.28. The molecule has 3 rings (SSSR count). The van der Waals surface area contributed by atoms with Crippen LogP contribution in [-0.4, -0.2) is 47.2 Å². The number of aliphatic imine (C=N–C) groups is 1. The first-order valence-corrected chi connectivity index (χ1v) is 10.3. The van der Waals surface area contributed by atoms with Crippen molar-refractivity contribution in [1.29, 1.82) is 0 Å². The van der Waals surface area contributed by atoms with Crippen LogP contribution in [0.25, 0.3) is 11.0 Å². The highest BCUT2D eigenvalue weighted by molar-refractivity contribution is 5.79. The fraction of sp³-hybridized carbons (Fsp3) is 0.409. The summed E-state index contributed by atoms with van der Waals surface area (Å²) >= 11 is 0. The molecule has 2 heterocycles. The molecule has 1 aromatic carbocycles. The maximum Gasteiger partial charge on any atom is 0.190 e. The Kier molecular flexibility index (Phi) is 7.86. The van der Waals surface area contributed by atoms with Gasteiger partial charge in [-0.05, 0) is 50.5 Å².